The average molecular weight is 279 g/mol. The van der Waals surface area contributed by atoms with E-state index in [1.807, 2.05) is 12.1 Å². The Kier molecular flexibility index (Phi) is 2.93. The van der Waals surface area contributed by atoms with Gasteiger partial charge in [-0.2, -0.15) is 15.2 Å². The van der Waals surface area contributed by atoms with Crippen LogP contribution in [0.5, 0.6) is 0 Å². The van der Waals surface area contributed by atoms with E-state index < -0.39 is 0 Å². The fourth-order valence-corrected chi connectivity index (χ4v) is 1.92. The molecule has 0 saturated heterocycles. The number of hydrogen-bond acceptors (Lipinski definition) is 8. The largest absolute Gasteiger partial charge is 0.382 e. The highest BCUT2D eigenvalue weighted by molar-refractivity contribution is 5.75. The number of nitriles is 1. The minimum atomic E-state index is 0.00599. The summed E-state index contributed by atoms with van der Waals surface area (Å²) in [6, 6.07) is 9.14. The molecular formula is C13H9N7O. The van der Waals surface area contributed by atoms with Crippen LogP contribution in [0.25, 0.3) is 22.6 Å². The molecule has 1 aromatic carbocycles. The molecule has 0 aliphatic rings. The van der Waals surface area contributed by atoms with Crippen molar-refractivity contribution < 1.29 is 4.52 Å². The van der Waals surface area contributed by atoms with Crippen LogP contribution in [0, 0.1) is 11.3 Å². The molecule has 0 radical (unpaired) electrons. The summed E-state index contributed by atoms with van der Waals surface area (Å²) in [7, 11) is 0. The van der Waals surface area contributed by atoms with Crippen LogP contribution < -0.4 is 11.5 Å². The Hall–Kier alpha value is -3.47. The molecule has 0 amide bonds. The molecule has 2 heterocycles. The lowest BCUT2D eigenvalue weighted by Gasteiger charge is -2.07. The van der Waals surface area contributed by atoms with Crippen LogP contribution in [0.3, 0.4) is 0 Å². The number of nitrogens with zero attached hydrogens (tertiary/aromatic N) is 5. The van der Waals surface area contributed by atoms with E-state index in [9.17, 15) is 5.26 Å². The van der Waals surface area contributed by atoms with Gasteiger partial charge in [0.2, 0.25) is 18.2 Å². The van der Waals surface area contributed by atoms with Gasteiger partial charge in [0.25, 0.3) is 0 Å². The highest BCUT2D eigenvalue weighted by atomic mass is 16.5. The van der Waals surface area contributed by atoms with Crippen molar-refractivity contribution in [1.82, 2.24) is 20.1 Å². The van der Waals surface area contributed by atoms with E-state index in [-0.39, 0.29) is 17.3 Å². The molecular weight excluding hydrogens is 270 g/mol. The molecule has 0 atom stereocenters. The Bertz CT molecular complexity index is 836. The van der Waals surface area contributed by atoms with Gasteiger partial charge < -0.3 is 16.0 Å². The first-order valence-corrected chi connectivity index (χ1v) is 5.89. The fraction of sp³-hybridized carbons (Fsp3) is 0. The molecule has 102 valence electrons. The molecule has 0 unspecified atom stereocenters. The van der Waals surface area contributed by atoms with Gasteiger partial charge >= 0.3 is 0 Å². The summed E-state index contributed by atoms with van der Waals surface area (Å²) >= 11 is 0. The Morgan fingerprint density at radius 1 is 1.14 bits per heavy atom. The summed E-state index contributed by atoms with van der Waals surface area (Å²) in [5.41, 5.74) is 13.2. The highest BCUT2D eigenvalue weighted by Gasteiger charge is 2.14. The van der Waals surface area contributed by atoms with E-state index in [2.05, 4.69) is 20.1 Å². The molecule has 0 aliphatic heterocycles. The Labute approximate surface area is 119 Å². The van der Waals surface area contributed by atoms with Crippen LogP contribution in [-0.2, 0) is 0 Å². The van der Waals surface area contributed by atoms with E-state index >= 15 is 0 Å². The van der Waals surface area contributed by atoms with Gasteiger partial charge in [0.05, 0.1) is 5.69 Å². The summed E-state index contributed by atoms with van der Waals surface area (Å²) in [4.78, 5) is 11.9. The third-order valence-electron chi connectivity index (χ3n) is 2.82. The van der Waals surface area contributed by atoms with Crippen LogP contribution in [0.1, 0.15) is 5.56 Å². The van der Waals surface area contributed by atoms with Gasteiger partial charge in [-0.15, -0.1) is 0 Å². The van der Waals surface area contributed by atoms with Crippen LogP contribution in [0.4, 0.5) is 11.8 Å². The predicted molar refractivity (Wildman–Crippen MR) is 74.3 cm³/mol. The summed E-state index contributed by atoms with van der Waals surface area (Å²) in [5.74, 6) is 0.488. The molecule has 3 rings (SSSR count). The molecule has 21 heavy (non-hydrogen) atoms. The zero-order valence-electron chi connectivity index (χ0n) is 10.7. The quantitative estimate of drug-likeness (QED) is 0.713. The van der Waals surface area contributed by atoms with E-state index in [0.29, 0.717) is 17.1 Å². The van der Waals surface area contributed by atoms with Crippen LogP contribution in [0.15, 0.2) is 35.2 Å². The first-order chi connectivity index (χ1) is 10.2. The van der Waals surface area contributed by atoms with Gasteiger partial charge in [-0.3, -0.25) is 0 Å². The Morgan fingerprint density at radius 3 is 2.67 bits per heavy atom. The smallest absolute Gasteiger partial charge is 0.222 e. The summed E-state index contributed by atoms with van der Waals surface area (Å²) in [6.45, 7) is 0. The van der Waals surface area contributed by atoms with Crippen molar-refractivity contribution >= 4 is 11.8 Å². The van der Waals surface area contributed by atoms with Gasteiger partial charge in [0.15, 0.2) is 0 Å². The number of anilines is 2. The monoisotopic (exact) mass is 279 g/mol. The van der Waals surface area contributed by atoms with E-state index in [4.69, 9.17) is 16.0 Å². The topological polar surface area (TPSA) is 141 Å². The second-order valence-electron chi connectivity index (χ2n) is 4.14. The van der Waals surface area contributed by atoms with Crippen LogP contribution in [-0.4, -0.2) is 20.1 Å². The van der Waals surface area contributed by atoms with Crippen molar-refractivity contribution in [3.05, 3.63) is 36.2 Å². The molecule has 2 aromatic heterocycles. The number of nitrogen functional groups attached to an aromatic ring is 2. The number of nitrogens with two attached hydrogens (primary N) is 2. The first kappa shape index (κ1) is 12.6. The summed E-state index contributed by atoms with van der Waals surface area (Å²) in [5, 5.41) is 13.0. The summed E-state index contributed by atoms with van der Waals surface area (Å²) in [6.07, 6.45) is 1.24. The van der Waals surface area contributed by atoms with Gasteiger partial charge in [-0.25, -0.2) is 4.98 Å². The van der Waals surface area contributed by atoms with Crippen molar-refractivity contribution in [1.29, 1.82) is 5.26 Å². The summed E-state index contributed by atoms with van der Waals surface area (Å²) < 4.78 is 4.72. The number of hydrogen-bond donors (Lipinski definition) is 2. The molecule has 8 nitrogen and oxygen atoms in total. The maximum Gasteiger partial charge on any atom is 0.222 e. The normalized spacial score (nSPS) is 10.2. The molecule has 8 heteroatoms. The number of benzene rings is 1. The van der Waals surface area contributed by atoms with Crippen molar-refractivity contribution in [3.8, 4) is 28.7 Å². The van der Waals surface area contributed by atoms with Gasteiger partial charge in [0.1, 0.15) is 17.5 Å². The average Bonchev–Trinajstić information content (AvgIpc) is 3.01. The minimum absolute atomic E-state index is 0.00599. The second kappa shape index (κ2) is 4.90. The number of rotatable bonds is 2. The maximum atomic E-state index is 9.21. The highest BCUT2D eigenvalue weighted by Crippen LogP contribution is 2.28. The second-order valence-corrected chi connectivity index (χ2v) is 4.14. The van der Waals surface area contributed by atoms with Crippen LogP contribution >= 0.6 is 0 Å². The molecule has 0 fully saturated rings. The standard InChI is InChI=1S/C13H9N7O/c14-5-9-10(18-13(16)19-11(9)15)7-2-1-3-8(4-7)12-17-6-21-20-12/h1-4,6H,(H4,15,16,18,19). The third-order valence-corrected chi connectivity index (χ3v) is 2.82. The van der Waals surface area contributed by atoms with E-state index in [0.717, 1.165) is 5.56 Å². The Morgan fingerprint density at radius 2 is 1.95 bits per heavy atom. The minimum Gasteiger partial charge on any atom is -0.382 e. The zero-order valence-corrected chi connectivity index (χ0v) is 10.7. The molecule has 3 aromatic rings. The van der Waals surface area contributed by atoms with Gasteiger partial charge in [-0.1, -0.05) is 23.4 Å². The molecule has 0 saturated carbocycles. The van der Waals surface area contributed by atoms with Crippen molar-refractivity contribution in [2.75, 3.05) is 11.5 Å². The molecule has 4 N–H and O–H groups in total. The fourth-order valence-electron chi connectivity index (χ4n) is 1.92. The first-order valence-electron chi connectivity index (χ1n) is 5.89. The van der Waals surface area contributed by atoms with Crippen LogP contribution in [0.2, 0.25) is 0 Å². The van der Waals surface area contributed by atoms with Crippen molar-refractivity contribution in [2.45, 2.75) is 0 Å². The van der Waals surface area contributed by atoms with E-state index in [1.54, 1.807) is 18.2 Å². The van der Waals surface area contributed by atoms with Gasteiger partial charge in [0, 0.05) is 11.1 Å². The maximum absolute atomic E-state index is 9.21. The zero-order chi connectivity index (χ0) is 14.8. The predicted octanol–water partition coefficient (Wildman–Crippen LogP) is 1.23. The molecule has 0 spiro atoms. The van der Waals surface area contributed by atoms with Crippen molar-refractivity contribution in [2.24, 2.45) is 0 Å². The lowest BCUT2D eigenvalue weighted by molar-refractivity contribution is 0.419. The number of aromatic nitrogens is 4. The molecule has 0 bridgehead atoms. The van der Waals surface area contributed by atoms with Gasteiger partial charge in [-0.05, 0) is 6.07 Å². The molecule has 0 aliphatic carbocycles. The lowest BCUT2D eigenvalue weighted by atomic mass is 10.0. The van der Waals surface area contributed by atoms with E-state index in [1.165, 1.54) is 6.39 Å². The van der Waals surface area contributed by atoms with Crippen molar-refractivity contribution in [3.63, 3.8) is 0 Å². The SMILES string of the molecule is N#Cc1c(N)nc(N)nc1-c1cccc(-c2ncon2)c1. The lowest BCUT2D eigenvalue weighted by Crippen LogP contribution is -2.05. The third kappa shape index (κ3) is 2.23. The Balaban J connectivity index is 2.18.